The Bertz CT molecular complexity index is 724. The molecule has 0 bridgehead atoms. The van der Waals surface area contributed by atoms with Gasteiger partial charge in [0.15, 0.2) is 5.78 Å². The maximum atomic E-state index is 13.9. The van der Waals surface area contributed by atoms with Crippen LogP contribution in [0.25, 0.3) is 0 Å². The Kier molecular flexibility index (Phi) is 6.40. The van der Waals surface area contributed by atoms with Crippen LogP contribution in [0.1, 0.15) is 60.3 Å². The van der Waals surface area contributed by atoms with Crippen LogP contribution in [0, 0.1) is 29.1 Å². The minimum absolute atomic E-state index is 0.0184. The molecular formula is C24H37NO4. The minimum atomic E-state index is -1.12. The van der Waals surface area contributed by atoms with E-state index in [9.17, 15) is 14.7 Å². The number of methoxy groups -OCH3 is 1. The second kappa shape index (κ2) is 8.35. The number of carbonyl (C=O) groups excluding carboxylic acids is 2. The molecule has 2 N–H and O–H groups in total. The summed E-state index contributed by atoms with van der Waals surface area (Å²) >= 11 is 0. The number of hydrogen-bond donors (Lipinski definition) is 2. The number of hydrogen-bond acceptors (Lipinski definition) is 4. The van der Waals surface area contributed by atoms with Crippen LogP contribution in [0.2, 0.25) is 0 Å². The van der Waals surface area contributed by atoms with Gasteiger partial charge in [-0.1, -0.05) is 44.1 Å². The van der Waals surface area contributed by atoms with Gasteiger partial charge in [-0.05, 0) is 44.9 Å². The first-order chi connectivity index (χ1) is 13.6. The molecule has 29 heavy (non-hydrogen) atoms. The highest BCUT2D eigenvalue weighted by atomic mass is 16.5. The van der Waals surface area contributed by atoms with Gasteiger partial charge in [0.2, 0.25) is 5.91 Å². The SMILES string of the molecule is COC1CC(=O)C23C(=O)NC(CC(C)C)C2C(C)C(C)=CC3/C=C(\C)CCC1O. The highest BCUT2D eigenvalue weighted by Crippen LogP contribution is 2.55. The van der Waals surface area contributed by atoms with Crippen LogP contribution in [-0.2, 0) is 14.3 Å². The maximum Gasteiger partial charge on any atom is 0.235 e. The molecule has 5 nitrogen and oxygen atoms in total. The van der Waals surface area contributed by atoms with Crippen molar-refractivity contribution in [1.29, 1.82) is 0 Å². The fourth-order valence-electron chi connectivity index (χ4n) is 5.88. The van der Waals surface area contributed by atoms with E-state index in [4.69, 9.17) is 4.74 Å². The molecule has 0 aromatic rings. The van der Waals surface area contributed by atoms with Gasteiger partial charge in [0, 0.05) is 31.4 Å². The van der Waals surface area contributed by atoms with E-state index in [0.29, 0.717) is 12.3 Å². The van der Waals surface area contributed by atoms with Gasteiger partial charge in [0.1, 0.15) is 5.41 Å². The Morgan fingerprint density at radius 2 is 1.97 bits per heavy atom. The van der Waals surface area contributed by atoms with E-state index in [1.807, 2.05) is 6.92 Å². The Hall–Kier alpha value is -1.46. The molecule has 5 heteroatoms. The second-order valence-electron chi connectivity index (χ2n) is 9.85. The lowest BCUT2D eigenvalue weighted by molar-refractivity contribution is -0.148. The number of carbonyl (C=O) groups is 2. The molecule has 1 fully saturated rings. The average molecular weight is 404 g/mol. The first-order valence-electron chi connectivity index (χ1n) is 11.0. The summed E-state index contributed by atoms with van der Waals surface area (Å²) in [5.74, 6) is -0.0104. The third kappa shape index (κ3) is 3.72. The van der Waals surface area contributed by atoms with Crippen molar-refractivity contribution in [2.45, 2.75) is 78.6 Å². The lowest BCUT2D eigenvalue weighted by Crippen LogP contribution is -2.53. The summed E-state index contributed by atoms with van der Waals surface area (Å²) < 4.78 is 5.50. The van der Waals surface area contributed by atoms with Crippen molar-refractivity contribution in [3.8, 4) is 0 Å². The van der Waals surface area contributed by atoms with E-state index in [0.717, 1.165) is 18.4 Å². The monoisotopic (exact) mass is 403 g/mol. The van der Waals surface area contributed by atoms with Gasteiger partial charge in [0.05, 0.1) is 12.2 Å². The van der Waals surface area contributed by atoms with Gasteiger partial charge < -0.3 is 15.2 Å². The number of nitrogens with one attached hydrogen (secondary N) is 1. The van der Waals surface area contributed by atoms with Crippen molar-refractivity contribution in [1.82, 2.24) is 5.32 Å². The van der Waals surface area contributed by atoms with E-state index < -0.39 is 17.6 Å². The first-order valence-corrected chi connectivity index (χ1v) is 11.0. The average Bonchev–Trinajstić information content (AvgIpc) is 2.93. The first kappa shape index (κ1) is 22.2. The maximum absolute atomic E-state index is 13.9. The highest BCUT2D eigenvalue weighted by molar-refractivity contribution is 6.09. The van der Waals surface area contributed by atoms with Crippen molar-refractivity contribution in [3.05, 3.63) is 23.3 Å². The number of ether oxygens (including phenoxy) is 1. The number of allylic oxidation sites excluding steroid dienone is 4. The van der Waals surface area contributed by atoms with Gasteiger partial charge in [-0.15, -0.1) is 0 Å². The second-order valence-corrected chi connectivity index (χ2v) is 9.85. The van der Waals surface area contributed by atoms with Crippen molar-refractivity contribution in [2.75, 3.05) is 7.11 Å². The van der Waals surface area contributed by atoms with Crippen molar-refractivity contribution in [3.63, 3.8) is 0 Å². The largest absolute Gasteiger partial charge is 0.390 e. The van der Waals surface area contributed by atoms with Crippen molar-refractivity contribution < 1.29 is 19.4 Å². The number of aliphatic hydroxyl groups is 1. The Labute approximate surface area is 175 Å². The lowest BCUT2D eigenvalue weighted by atomic mass is 9.54. The smallest absolute Gasteiger partial charge is 0.235 e. The topological polar surface area (TPSA) is 75.6 Å². The van der Waals surface area contributed by atoms with E-state index in [-0.39, 0.29) is 41.9 Å². The number of amides is 1. The molecule has 7 unspecified atom stereocenters. The molecule has 1 amide bonds. The van der Waals surface area contributed by atoms with Crippen LogP contribution >= 0.6 is 0 Å². The minimum Gasteiger partial charge on any atom is -0.390 e. The van der Waals surface area contributed by atoms with Gasteiger partial charge in [0.25, 0.3) is 0 Å². The quantitative estimate of drug-likeness (QED) is 0.559. The molecule has 1 saturated heterocycles. The molecule has 2 aliphatic carbocycles. The molecule has 1 aliphatic heterocycles. The summed E-state index contributed by atoms with van der Waals surface area (Å²) in [6.45, 7) is 10.6. The summed E-state index contributed by atoms with van der Waals surface area (Å²) in [5, 5.41) is 13.8. The predicted octanol–water partition coefficient (Wildman–Crippen LogP) is 3.42. The van der Waals surface area contributed by atoms with Crippen LogP contribution < -0.4 is 5.32 Å². The number of rotatable bonds is 3. The van der Waals surface area contributed by atoms with Crippen LogP contribution in [0.5, 0.6) is 0 Å². The molecule has 162 valence electrons. The van der Waals surface area contributed by atoms with Crippen LogP contribution in [0.15, 0.2) is 23.3 Å². The molecule has 0 aromatic heterocycles. The summed E-state index contributed by atoms with van der Waals surface area (Å²) in [5.41, 5.74) is 1.24. The summed E-state index contributed by atoms with van der Waals surface area (Å²) in [6.07, 6.45) is 5.16. The van der Waals surface area contributed by atoms with Crippen LogP contribution in [0.4, 0.5) is 0 Å². The van der Waals surface area contributed by atoms with Gasteiger partial charge >= 0.3 is 0 Å². The summed E-state index contributed by atoms with van der Waals surface area (Å²) in [7, 11) is 1.53. The highest BCUT2D eigenvalue weighted by Gasteiger charge is 2.65. The van der Waals surface area contributed by atoms with E-state index in [2.05, 4.69) is 45.2 Å². The zero-order chi connectivity index (χ0) is 21.5. The van der Waals surface area contributed by atoms with E-state index >= 15 is 0 Å². The predicted molar refractivity (Wildman–Crippen MR) is 113 cm³/mol. The van der Waals surface area contributed by atoms with Crippen LogP contribution in [-0.4, -0.2) is 42.2 Å². The lowest BCUT2D eigenvalue weighted by Gasteiger charge is -2.45. The van der Waals surface area contributed by atoms with E-state index in [1.54, 1.807) is 0 Å². The van der Waals surface area contributed by atoms with Crippen molar-refractivity contribution in [2.24, 2.45) is 29.1 Å². The van der Waals surface area contributed by atoms with Gasteiger partial charge in [-0.3, -0.25) is 9.59 Å². The molecule has 0 radical (unpaired) electrons. The zero-order valence-corrected chi connectivity index (χ0v) is 18.7. The third-order valence-electron chi connectivity index (χ3n) is 7.48. The summed E-state index contributed by atoms with van der Waals surface area (Å²) in [4.78, 5) is 27.4. The molecule has 0 saturated carbocycles. The molecule has 3 aliphatic rings. The fraction of sp³-hybridized carbons (Fsp3) is 0.750. The fourth-order valence-corrected chi connectivity index (χ4v) is 5.88. The molecule has 3 rings (SSSR count). The molecule has 1 heterocycles. The number of aliphatic hydroxyl groups excluding tert-OH is 1. The normalized spacial score (nSPS) is 42.5. The molecule has 1 spiro atoms. The Balaban J connectivity index is 2.18. The van der Waals surface area contributed by atoms with Gasteiger partial charge in [-0.25, -0.2) is 0 Å². The summed E-state index contributed by atoms with van der Waals surface area (Å²) in [6, 6.07) is -0.0184. The molecule has 0 aromatic carbocycles. The number of Topliss-reactive ketones (excluding diaryl/α,β-unsaturated/α-hetero) is 1. The Morgan fingerprint density at radius 3 is 2.59 bits per heavy atom. The number of ketones is 1. The van der Waals surface area contributed by atoms with Crippen molar-refractivity contribution >= 4 is 11.7 Å². The Morgan fingerprint density at radius 1 is 1.28 bits per heavy atom. The van der Waals surface area contributed by atoms with Gasteiger partial charge in [-0.2, -0.15) is 0 Å². The van der Waals surface area contributed by atoms with E-state index in [1.165, 1.54) is 12.7 Å². The third-order valence-corrected chi connectivity index (χ3v) is 7.48. The molecule has 7 atom stereocenters. The molecular weight excluding hydrogens is 366 g/mol. The van der Waals surface area contributed by atoms with Crippen LogP contribution in [0.3, 0.4) is 0 Å². The standard InChI is InChI=1S/C24H37NO4/c1-13(2)9-18-22-16(5)15(4)11-17-10-14(3)7-8-19(26)20(29-6)12-21(27)24(17,22)23(28)25-18/h10-11,13,16-20,22,26H,7-9,12H2,1-6H3,(H,25,28)/b14-10+. The zero-order valence-electron chi connectivity index (χ0n) is 18.7.